The molecule has 0 N–H and O–H groups in total. The molecule has 0 atom stereocenters. The second kappa shape index (κ2) is 5.16. The number of aromatic nitrogens is 3. The lowest BCUT2D eigenvalue weighted by Crippen LogP contribution is -2.06. The molecule has 0 bridgehead atoms. The minimum atomic E-state index is -0.00295. The molecular weight excluding hydrogens is 217 g/mol. The zero-order valence-electron chi connectivity index (χ0n) is 6.83. The van der Waals surface area contributed by atoms with Crippen molar-refractivity contribution in [1.82, 2.24) is 15.2 Å². The van der Waals surface area contributed by atoms with Crippen LogP contribution in [0.4, 0.5) is 0 Å². The maximum absolute atomic E-state index is 5.61. The lowest BCUT2D eigenvalue weighted by Gasteiger charge is -2.04. The molecule has 0 radical (unpaired) electrons. The van der Waals surface area contributed by atoms with Crippen LogP contribution in [0.15, 0.2) is 0 Å². The number of methoxy groups -OCH3 is 1. The van der Waals surface area contributed by atoms with Crippen molar-refractivity contribution in [3.05, 3.63) is 10.4 Å². The van der Waals surface area contributed by atoms with Crippen molar-refractivity contribution >= 4 is 23.2 Å². The van der Waals surface area contributed by atoms with Crippen molar-refractivity contribution in [3.63, 3.8) is 0 Å². The molecule has 0 saturated heterocycles. The average molecular weight is 224 g/mol. The normalized spacial score (nSPS) is 10.1. The van der Waals surface area contributed by atoms with Crippen LogP contribution in [0.5, 0.6) is 5.88 Å². The highest BCUT2D eigenvalue weighted by Gasteiger charge is 2.06. The predicted molar refractivity (Wildman–Crippen MR) is 47.2 cm³/mol. The minimum Gasteiger partial charge on any atom is -0.473 e. The van der Waals surface area contributed by atoms with Gasteiger partial charge in [0, 0.05) is 7.11 Å². The van der Waals surface area contributed by atoms with Gasteiger partial charge in [0.05, 0.1) is 6.61 Å². The molecule has 5 nitrogen and oxygen atoms in total. The van der Waals surface area contributed by atoms with E-state index in [-0.39, 0.29) is 16.3 Å². The first kappa shape index (κ1) is 10.4. The Bertz CT molecular complexity index is 285. The molecule has 0 aliphatic rings. The minimum absolute atomic E-state index is 0.00295. The molecule has 1 aromatic rings. The molecule has 0 amide bonds. The van der Waals surface area contributed by atoms with Crippen LogP contribution in [-0.4, -0.2) is 35.5 Å². The summed E-state index contributed by atoms with van der Waals surface area (Å²) < 4.78 is 9.87. The van der Waals surface area contributed by atoms with Crippen molar-refractivity contribution in [1.29, 1.82) is 0 Å². The Balaban J connectivity index is 2.59. The van der Waals surface area contributed by atoms with Crippen LogP contribution in [0, 0.1) is 0 Å². The van der Waals surface area contributed by atoms with E-state index in [1.54, 1.807) is 7.11 Å². The van der Waals surface area contributed by atoms with Crippen molar-refractivity contribution < 1.29 is 9.47 Å². The van der Waals surface area contributed by atoms with Crippen LogP contribution in [0.2, 0.25) is 10.4 Å². The molecule has 0 aromatic carbocycles. The van der Waals surface area contributed by atoms with Crippen LogP contribution in [0.25, 0.3) is 0 Å². The van der Waals surface area contributed by atoms with E-state index in [4.69, 9.17) is 32.7 Å². The molecule has 0 fully saturated rings. The molecule has 1 heterocycles. The fourth-order valence-corrected chi connectivity index (χ4v) is 0.843. The monoisotopic (exact) mass is 223 g/mol. The third-order valence-corrected chi connectivity index (χ3v) is 1.51. The summed E-state index contributed by atoms with van der Waals surface area (Å²) in [6.45, 7) is 0.781. The van der Waals surface area contributed by atoms with E-state index < -0.39 is 0 Å². The number of nitrogens with zero attached hydrogens (tertiary/aromatic N) is 3. The van der Waals surface area contributed by atoms with Crippen LogP contribution in [0.1, 0.15) is 0 Å². The van der Waals surface area contributed by atoms with Gasteiger partial charge in [0.2, 0.25) is 10.4 Å². The highest BCUT2D eigenvalue weighted by molar-refractivity contribution is 6.31. The zero-order chi connectivity index (χ0) is 9.68. The Morgan fingerprint density at radius 2 is 2.00 bits per heavy atom. The Morgan fingerprint density at radius 1 is 1.23 bits per heavy atom. The highest BCUT2D eigenvalue weighted by atomic mass is 35.5. The first-order valence-corrected chi connectivity index (χ1v) is 4.17. The summed E-state index contributed by atoms with van der Waals surface area (Å²) >= 11 is 11.1. The Labute approximate surface area is 85.0 Å². The predicted octanol–water partition coefficient (Wildman–Crippen LogP) is 1.20. The molecule has 1 rings (SSSR count). The summed E-state index contributed by atoms with van der Waals surface area (Å²) in [6.07, 6.45) is 0. The third kappa shape index (κ3) is 3.30. The van der Waals surface area contributed by atoms with Gasteiger partial charge in [-0.25, -0.2) is 0 Å². The van der Waals surface area contributed by atoms with E-state index in [1.807, 2.05) is 0 Å². The molecule has 72 valence electrons. The van der Waals surface area contributed by atoms with E-state index in [1.165, 1.54) is 0 Å². The fourth-order valence-electron chi connectivity index (χ4n) is 0.594. The van der Waals surface area contributed by atoms with E-state index in [0.29, 0.717) is 13.2 Å². The summed E-state index contributed by atoms with van der Waals surface area (Å²) in [5.74, 6) is 0.165. The second-order valence-electron chi connectivity index (χ2n) is 2.02. The fraction of sp³-hybridized carbons (Fsp3) is 0.500. The van der Waals surface area contributed by atoms with Gasteiger partial charge >= 0.3 is 0 Å². The Morgan fingerprint density at radius 3 is 2.69 bits per heavy atom. The number of rotatable bonds is 4. The molecule has 0 aliphatic heterocycles. The van der Waals surface area contributed by atoms with Gasteiger partial charge in [-0.3, -0.25) is 0 Å². The highest BCUT2D eigenvalue weighted by Crippen LogP contribution is 2.18. The molecule has 0 spiro atoms. The van der Waals surface area contributed by atoms with Gasteiger partial charge in [0.25, 0.3) is 5.88 Å². The van der Waals surface area contributed by atoms with Gasteiger partial charge in [-0.05, 0) is 11.6 Å². The average Bonchev–Trinajstić information content (AvgIpc) is 2.11. The van der Waals surface area contributed by atoms with Crippen LogP contribution < -0.4 is 4.74 Å². The lowest BCUT2D eigenvalue weighted by atomic mass is 10.7. The maximum atomic E-state index is 5.61. The third-order valence-electron chi connectivity index (χ3n) is 1.12. The second-order valence-corrected chi connectivity index (χ2v) is 2.71. The topological polar surface area (TPSA) is 57.1 Å². The van der Waals surface area contributed by atoms with Crippen molar-refractivity contribution in [2.24, 2.45) is 0 Å². The van der Waals surface area contributed by atoms with E-state index in [0.717, 1.165) is 0 Å². The standard InChI is InChI=1S/C6H7Cl2N3O2/c1-12-2-3-13-5-4(7)10-11-6(8)9-5/h2-3H2,1H3. The summed E-state index contributed by atoms with van der Waals surface area (Å²) in [5, 5.41) is 7.02. The summed E-state index contributed by atoms with van der Waals surface area (Å²) in [7, 11) is 1.57. The van der Waals surface area contributed by atoms with Gasteiger partial charge in [-0.15, -0.1) is 10.2 Å². The summed E-state index contributed by atoms with van der Waals surface area (Å²) in [6, 6.07) is 0. The molecule has 0 unspecified atom stereocenters. The first-order chi connectivity index (χ1) is 6.24. The number of halogens is 2. The molecule has 0 saturated carbocycles. The number of hydrogen-bond acceptors (Lipinski definition) is 5. The first-order valence-electron chi connectivity index (χ1n) is 3.41. The van der Waals surface area contributed by atoms with Crippen LogP contribution in [0.3, 0.4) is 0 Å². The number of ether oxygens (including phenoxy) is 2. The molecule has 1 aromatic heterocycles. The van der Waals surface area contributed by atoms with Gasteiger partial charge in [-0.1, -0.05) is 11.6 Å². The van der Waals surface area contributed by atoms with E-state index in [9.17, 15) is 0 Å². The molecule has 13 heavy (non-hydrogen) atoms. The van der Waals surface area contributed by atoms with Gasteiger partial charge in [0.1, 0.15) is 6.61 Å². The molecule has 0 aliphatic carbocycles. The van der Waals surface area contributed by atoms with Crippen molar-refractivity contribution in [2.45, 2.75) is 0 Å². The van der Waals surface area contributed by atoms with Crippen LogP contribution >= 0.6 is 23.2 Å². The summed E-state index contributed by atoms with van der Waals surface area (Å²) in [5.41, 5.74) is 0. The quantitative estimate of drug-likeness (QED) is 0.719. The molecular formula is C6H7Cl2N3O2. The smallest absolute Gasteiger partial charge is 0.257 e. The maximum Gasteiger partial charge on any atom is 0.257 e. The Kier molecular flexibility index (Phi) is 4.14. The van der Waals surface area contributed by atoms with E-state index >= 15 is 0 Å². The van der Waals surface area contributed by atoms with Crippen molar-refractivity contribution in [3.8, 4) is 5.88 Å². The Hall–Kier alpha value is -0.650. The zero-order valence-corrected chi connectivity index (χ0v) is 8.34. The van der Waals surface area contributed by atoms with Gasteiger partial charge in [-0.2, -0.15) is 4.98 Å². The molecule has 7 heteroatoms. The van der Waals surface area contributed by atoms with Gasteiger partial charge < -0.3 is 9.47 Å². The number of hydrogen-bond donors (Lipinski definition) is 0. The summed E-state index contributed by atoms with van der Waals surface area (Å²) in [4.78, 5) is 3.73. The van der Waals surface area contributed by atoms with Gasteiger partial charge in [0.15, 0.2) is 0 Å². The lowest BCUT2D eigenvalue weighted by molar-refractivity contribution is 0.143. The SMILES string of the molecule is COCCOc1nc(Cl)nnc1Cl. The van der Waals surface area contributed by atoms with Crippen LogP contribution in [-0.2, 0) is 4.74 Å². The van der Waals surface area contributed by atoms with Crippen molar-refractivity contribution in [2.75, 3.05) is 20.3 Å². The van der Waals surface area contributed by atoms with E-state index in [2.05, 4.69) is 15.2 Å². The largest absolute Gasteiger partial charge is 0.473 e.